The molecule has 0 atom stereocenters. The summed E-state index contributed by atoms with van der Waals surface area (Å²) in [6.45, 7) is 3.23. The van der Waals surface area contributed by atoms with E-state index in [0.717, 1.165) is 22.5 Å². The van der Waals surface area contributed by atoms with Gasteiger partial charge in [0.05, 0.1) is 34.8 Å². The van der Waals surface area contributed by atoms with Crippen molar-refractivity contribution in [3.05, 3.63) is 75.4 Å². The van der Waals surface area contributed by atoms with E-state index in [4.69, 9.17) is 16.3 Å². The summed E-state index contributed by atoms with van der Waals surface area (Å²) in [7, 11) is -2.41. The van der Waals surface area contributed by atoms with Crippen molar-refractivity contribution in [2.45, 2.75) is 36.7 Å². The van der Waals surface area contributed by atoms with Gasteiger partial charge in [-0.25, -0.2) is 8.42 Å². The number of amides is 1. The van der Waals surface area contributed by atoms with Gasteiger partial charge in [-0.15, -0.1) is 17.9 Å². The number of nitrogens with one attached hydrogen (secondary N) is 1. The van der Waals surface area contributed by atoms with Crippen molar-refractivity contribution in [1.29, 1.82) is 0 Å². The van der Waals surface area contributed by atoms with Crippen LogP contribution >= 0.6 is 22.9 Å². The molecule has 2 N–H and O–H groups in total. The molecule has 0 spiro atoms. The second-order valence-electron chi connectivity index (χ2n) is 8.53. The van der Waals surface area contributed by atoms with Crippen molar-refractivity contribution in [3.8, 4) is 5.75 Å². The first-order valence-electron chi connectivity index (χ1n) is 10.8. The van der Waals surface area contributed by atoms with Crippen LogP contribution in [0.3, 0.4) is 0 Å². The number of aromatic nitrogens is 2. The Hall–Kier alpha value is -1.48. The molecule has 37 heavy (non-hydrogen) atoms. The van der Waals surface area contributed by atoms with E-state index in [1.165, 1.54) is 33.1 Å². The molecule has 0 unspecified atom stereocenters. The molecule has 0 aliphatic rings. The molecule has 0 saturated carbocycles. The third-order valence-corrected chi connectivity index (χ3v) is 8.32. The maximum Gasteiger partial charge on any atom is 1.00 e. The van der Waals surface area contributed by atoms with Crippen LogP contribution in [-0.2, 0) is 27.9 Å². The van der Waals surface area contributed by atoms with Crippen molar-refractivity contribution in [2.75, 3.05) is 11.8 Å². The second kappa shape index (κ2) is 12.1. The molecular weight excluding hydrogens is 563 g/mol. The molecular formula is C24H24ClKN4O5S2. The number of fused-ring (bicyclic) bond motifs is 1. The largest absolute Gasteiger partial charge is 1.00 e. The van der Waals surface area contributed by atoms with Crippen molar-refractivity contribution in [2.24, 2.45) is 0 Å². The van der Waals surface area contributed by atoms with Gasteiger partial charge in [-0.05, 0) is 43.7 Å². The standard InChI is InChI=1S/C24H25ClN4O5S2.K/c1-24(2,31)23(30)26-13-15-6-4-7-16(12-15)14-29-17-8-5-9-18(34-3)21(17)22(27-29)28-36(32,33)20-11-10-19(25)35-20;/h4-12,31H,13-14H2,1-3H3,(H2,26,27,28,30);/q;+1/p-1. The molecule has 2 heterocycles. The van der Waals surface area contributed by atoms with Crippen LogP contribution in [0, 0.1) is 0 Å². The fourth-order valence-corrected chi connectivity index (χ4v) is 6.03. The van der Waals surface area contributed by atoms with E-state index >= 15 is 0 Å². The third-order valence-electron chi connectivity index (χ3n) is 5.26. The van der Waals surface area contributed by atoms with Crippen LogP contribution < -0.4 is 60.8 Å². The minimum Gasteiger partial charge on any atom is -0.647 e. The average molecular weight is 587 g/mol. The summed E-state index contributed by atoms with van der Waals surface area (Å²) in [6, 6.07) is 15.8. The van der Waals surface area contributed by atoms with Gasteiger partial charge >= 0.3 is 51.4 Å². The molecule has 0 aliphatic heterocycles. The first kappa shape index (κ1) is 30.1. The van der Waals surface area contributed by atoms with Gasteiger partial charge in [-0.2, -0.15) is 5.10 Å². The monoisotopic (exact) mass is 586 g/mol. The second-order valence-corrected chi connectivity index (χ2v) is 12.1. The number of carbonyl (C=O) groups is 1. The maximum absolute atomic E-state index is 13.0. The minimum atomic E-state index is -3.91. The van der Waals surface area contributed by atoms with E-state index in [1.54, 1.807) is 16.8 Å². The van der Waals surface area contributed by atoms with Crippen LogP contribution in [0.2, 0.25) is 4.34 Å². The van der Waals surface area contributed by atoms with Crippen molar-refractivity contribution in [3.63, 3.8) is 0 Å². The summed E-state index contributed by atoms with van der Waals surface area (Å²) >= 11 is 6.88. The Bertz CT molecular complexity index is 1530. The summed E-state index contributed by atoms with van der Waals surface area (Å²) in [5.74, 6) is 0.00858. The Morgan fingerprint density at radius 1 is 1.19 bits per heavy atom. The topological polar surface area (TPSA) is 125 Å². The first-order valence-corrected chi connectivity index (χ1v) is 13.5. The van der Waals surface area contributed by atoms with Gasteiger partial charge in [0.25, 0.3) is 10.0 Å². The number of thiophene rings is 1. The summed E-state index contributed by atoms with van der Waals surface area (Å²) in [6.07, 6.45) is 0. The number of rotatable bonds is 9. The summed E-state index contributed by atoms with van der Waals surface area (Å²) in [5.41, 5.74) is 0.798. The number of aliphatic hydroxyl groups is 1. The Labute approximate surface area is 266 Å². The van der Waals surface area contributed by atoms with Crippen molar-refractivity contribution in [1.82, 2.24) is 9.78 Å². The number of hydrogen-bond donors (Lipinski definition) is 2. The number of ether oxygens (including phenoxy) is 1. The Kier molecular flexibility index (Phi) is 9.86. The number of hydrogen-bond acceptors (Lipinski definition) is 7. The summed E-state index contributed by atoms with van der Waals surface area (Å²) < 4.78 is 36.1. The fourth-order valence-electron chi connectivity index (χ4n) is 3.53. The summed E-state index contributed by atoms with van der Waals surface area (Å²) in [4.78, 5) is 11.9. The van der Waals surface area contributed by atoms with Crippen LogP contribution in [0.25, 0.3) is 16.2 Å². The molecule has 2 aromatic carbocycles. The SMILES string of the molecule is COc1cccc2c1c(NS(=O)(=O)c1ccc(Cl)s1)nn2Cc1cccc(C[N-]C(=O)C(C)(C)O)c1.[K+]. The number of anilines is 1. The van der Waals surface area contributed by atoms with E-state index in [9.17, 15) is 18.3 Å². The minimum absolute atomic E-state index is 0. The molecule has 9 nitrogen and oxygen atoms in total. The predicted molar refractivity (Wildman–Crippen MR) is 140 cm³/mol. The zero-order valence-corrected chi connectivity index (χ0v) is 26.2. The number of halogens is 1. The van der Waals surface area contributed by atoms with Crippen LogP contribution in [0.15, 0.2) is 58.8 Å². The van der Waals surface area contributed by atoms with E-state index in [2.05, 4.69) is 15.1 Å². The number of nitrogens with zero attached hydrogens (tertiary/aromatic N) is 3. The predicted octanol–water partition coefficient (Wildman–Crippen LogP) is 1.78. The van der Waals surface area contributed by atoms with Gasteiger partial charge in [0.2, 0.25) is 0 Å². The van der Waals surface area contributed by atoms with Gasteiger partial charge in [0.1, 0.15) is 15.6 Å². The molecule has 2 aromatic heterocycles. The number of sulfonamides is 1. The van der Waals surface area contributed by atoms with Crippen LogP contribution in [0.1, 0.15) is 25.0 Å². The quantitative estimate of drug-likeness (QED) is 0.288. The smallest absolute Gasteiger partial charge is 0.647 e. The fraction of sp³-hybridized carbons (Fsp3) is 0.250. The normalized spacial score (nSPS) is 11.7. The number of carbonyl (C=O) groups excluding carboxylic acids is 1. The number of benzene rings is 2. The van der Waals surface area contributed by atoms with Gasteiger partial charge < -0.3 is 20.0 Å². The molecule has 1 amide bonds. The molecule has 13 heteroatoms. The molecule has 0 saturated heterocycles. The van der Waals surface area contributed by atoms with E-state index in [1.807, 2.05) is 30.3 Å². The van der Waals surface area contributed by atoms with E-state index in [-0.39, 0.29) is 68.0 Å². The van der Waals surface area contributed by atoms with Crippen LogP contribution in [-0.4, -0.2) is 41.9 Å². The zero-order valence-electron chi connectivity index (χ0n) is 20.7. The number of methoxy groups -OCH3 is 1. The van der Waals surface area contributed by atoms with Crippen molar-refractivity contribution >= 4 is 55.6 Å². The van der Waals surface area contributed by atoms with Gasteiger partial charge in [0, 0.05) is 0 Å². The zero-order chi connectivity index (χ0) is 26.1. The van der Waals surface area contributed by atoms with Gasteiger partial charge in [0.15, 0.2) is 5.82 Å². The maximum atomic E-state index is 13.0. The molecule has 4 aromatic rings. The molecule has 0 fully saturated rings. The Balaban J connectivity index is 0.00000380. The first-order chi connectivity index (χ1) is 17.0. The Morgan fingerprint density at radius 3 is 2.54 bits per heavy atom. The third kappa shape index (κ3) is 7.14. The molecule has 0 bridgehead atoms. The van der Waals surface area contributed by atoms with Crippen molar-refractivity contribution < 1.29 is 74.4 Å². The van der Waals surface area contributed by atoms with Gasteiger partial charge in [-0.3, -0.25) is 9.40 Å². The molecule has 190 valence electrons. The van der Waals surface area contributed by atoms with Crippen LogP contribution in [0.4, 0.5) is 5.82 Å². The van der Waals surface area contributed by atoms with E-state index in [0.29, 0.717) is 27.5 Å². The molecule has 0 aliphatic carbocycles. The molecule has 4 rings (SSSR count). The summed E-state index contributed by atoms with van der Waals surface area (Å²) in [5, 5.41) is 18.8. The van der Waals surface area contributed by atoms with E-state index < -0.39 is 21.5 Å². The average Bonchev–Trinajstić information content (AvgIpc) is 3.41. The Morgan fingerprint density at radius 2 is 1.89 bits per heavy atom. The molecule has 0 radical (unpaired) electrons. The van der Waals surface area contributed by atoms with Gasteiger partial charge in [-0.1, -0.05) is 47.5 Å². The van der Waals surface area contributed by atoms with Crippen LogP contribution in [0.5, 0.6) is 5.75 Å².